The van der Waals surface area contributed by atoms with E-state index >= 15 is 0 Å². The van der Waals surface area contributed by atoms with Gasteiger partial charge in [0.05, 0.1) is 18.9 Å². The molecule has 1 aromatic rings. The van der Waals surface area contributed by atoms with Crippen LogP contribution in [0.1, 0.15) is 12.5 Å². The Labute approximate surface area is 86.9 Å². The lowest BCUT2D eigenvalue weighted by Crippen LogP contribution is -2.28. The van der Waals surface area contributed by atoms with Crippen LogP contribution in [-0.4, -0.2) is 29.3 Å². The second-order valence-corrected chi connectivity index (χ2v) is 2.79. The van der Waals surface area contributed by atoms with Crippen LogP contribution in [0.25, 0.3) is 0 Å². The predicted molar refractivity (Wildman–Crippen MR) is 51.8 cm³/mol. The summed E-state index contributed by atoms with van der Waals surface area (Å²) >= 11 is 0. The van der Waals surface area contributed by atoms with Crippen molar-refractivity contribution < 1.29 is 9.53 Å². The van der Waals surface area contributed by atoms with Gasteiger partial charge in [-0.3, -0.25) is 0 Å². The summed E-state index contributed by atoms with van der Waals surface area (Å²) in [7, 11) is 1.29. The molecule has 0 saturated heterocycles. The van der Waals surface area contributed by atoms with Gasteiger partial charge in [-0.1, -0.05) is 0 Å². The van der Waals surface area contributed by atoms with Crippen LogP contribution in [0.4, 0.5) is 5.82 Å². The Morgan fingerprint density at radius 3 is 3.07 bits per heavy atom. The van der Waals surface area contributed by atoms with E-state index in [1.54, 1.807) is 6.92 Å². The first-order valence-electron chi connectivity index (χ1n) is 4.25. The van der Waals surface area contributed by atoms with E-state index in [0.717, 1.165) is 0 Å². The minimum Gasteiger partial charge on any atom is -0.467 e. The summed E-state index contributed by atoms with van der Waals surface area (Å²) in [6.45, 7) is 1.61. The number of nitrogens with zero attached hydrogens (tertiary/aromatic N) is 3. The summed E-state index contributed by atoms with van der Waals surface area (Å²) in [5, 5.41) is 18.8. The third-order valence-corrected chi connectivity index (χ3v) is 1.75. The number of carbonyl (C=O) groups is 1. The molecule has 0 amide bonds. The van der Waals surface area contributed by atoms with E-state index in [0.29, 0.717) is 5.56 Å². The fourth-order valence-electron chi connectivity index (χ4n) is 0.969. The average molecular weight is 206 g/mol. The predicted octanol–water partition coefficient (Wildman–Crippen LogP) is 0.322. The van der Waals surface area contributed by atoms with Crippen LogP contribution in [0.5, 0.6) is 0 Å². The van der Waals surface area contributed by atoms with Gasteiger partial charge in [0.15, 0.2) is 5.82 Å². The molecule has 1 unspecified atom stereocenters. The van der Waals surface area contributed by atoms with Gasteiger partial charge in [-0.2, -0.15) is 10.4 Å². The molecule has 0 bridgehead atoms. The number of hydrogen-bond acceptors (Lipinski definition) is 6. The quantitative estimate of drug-likeness (QED) is 0.716. The number of methoxy groups -OCH3 is 1. The van der Waals surface area contributed by atoms with Crippen LogP contribution >= 0.6 is 0 Å². The SMILES string of the molecule is COC(=O)C(C)Nc1nnccc1C#N. The molecule has 15 heavy (non-hydrogen) atoms. The van der Waals surface area contributed by atoms with E-state index in [4.69, 9.17) is 5.26 Å². The number of nitriles is 1. The summed E-state index contributed by atoms with van der Waals surface area (Å²) in [5.74, 6) is -0.151. The first kappa shape index (κ1) is 10.9. The number of nitrogens with one attached hydrogen (secondary N) is 1. The number of carbonyl (C=O) groups excluding carboxylic acids is 1. The summed E-state index contributed by atoms with van der Waals surface area (Å²) in [4.78, 5) is 11.1. The molecule has 0 aliphatic rings. The number of ether oxygens (including phenoxy) is 1. The van der Waals surface area contributed by atoms with E-state index < -0.39 is 12.0 Å². The van der Waals surface area contributed by atoms with Crippen LogP contribution in [0.2, 0.25) is 0 Å². The lowest BCUT2D eigenvalue weighted by Gasteiger charge is -2.11. The molecule has 0 fully saturated rings. The molecule has 1 atom stereocenters. The van der Waals surface area contributed by atoms with Crippen LogP contribution in [0, 0.1) is 11.3 Å². The van der Waals surface area contributed by atoms with Crippen LogP contribution < -0.4 is 5.32 Å². The molecule has 0 radical (unpaired) electrons. The van der Waals surface area contributed by atoms with Gasteiger partial charge in [-0.05, 0) is 13.0 Å². The van der Waals surface area contributed by atoms with Crippen LogP contribution in [-0.2, 0) is 9.53 Å². The zero-order valence-corrected chi connectivity index (χ0v) is 8.39. The number of rotatable bonds is 3. The molecule has 6 heteroatoms. The fourth-order valence-corrected chi connectivity index (χ4v) is 0.969. The highest BCUT2D eigenvalue weighted by Crippen LogP contribution is 2.09. The Hall–Kier alpha value is -2.16. The van der Waals surface area contributed by atoms with Gasteiger partial charge in [0.1, 0.15) is 12.1 Å². The lowest BCUT2D eigenvalue weighted by atomic mass is 10.2. The fraction of sp³-hybridized carbons (Fsp3) is 0.333. The second kappa shape index (κ2) is 4.91. The number of hydrogen-bond donors (Lipinski definition) is 1. The molecule has 1 heterocycles. The lowest BCUT2D eigenvalue weighted by molar-refractivity contribution is -0.141. The van der Waals surface area contributed by atoms with E-state index in [1.165, 1.54) is 19.4 Å². The molecule has 0 aromatic carbocycles. The van der Waals surface area contributed by atoms with Crippen molar-refractivity contribution in [3.63, 3.8) is 0 Å². The molecular weight excluding hydrogens is 196 g/mol. The van der Waals surface area contributed by atoms with E-state index in [-0.39, 0.29) is 5.82 Å². The highest BCUT2D eigenvalue weighted by molar-refractivity contribution is 5.78. The van der Waals surface area contributed by atoms with E-state index in [1.807, 2.05) is 6.07 Å². The molecule has 0 spiro atoms. The normalized spacial score (nSPS) is 11.3. The highest BCUT2D eigenvalue weighted by atomic mass is 16.5. The van der Waals surface area contributed by atoms with Gasteiger partial charge in [-0.25, -0.2) is 4.79 Å². The summed E-state index contributed by atoms with van der Waals surface area (Å²) in [5.41, 5.74) is 0.334. The third kappa shape index (κ3) is 2.64. The van der Waals surface area contributed by atoms with Crippen molar-refractivity contribution in [2.75, 3.05) is 12.4 Å². The maximum absolute atomic E-state index is 11.1. The summed E-state index contributed by atoms with van der Waals surface area (Å²) < 4.78 is 4.53. The maximum Gasteiger partial charge on any atom is 0.328 e. The van der Waals surface area contributed by atoms with Crippen molar-refractivity contribution in [2.24, 2.45) is 0 Å². The van der Waals surface area contributed by atoms with Crippen molar-refractivity contribution in [3.8, 4) is 6.07 Å². The molecule has 1 N–H and O–H groups in total. The number of anilines is 1. The Morgan fingerprint density at radius 2 is 2.47 bits per heavy atom. The Balaban J connectivity index is 2.81. The van der Waals surface area contributed by atoms with E-state index in [2.05, 4.69) is 20.3 Å². The average Bonchev–Trinajstić information content (AvgIpc) is 2.28. The van der Waals surface area contributed by atoms with Crippen molar-refractivity contribution in [3.05, 3.63) is 17.8 Å². The largest absolute Gasteiger partial charge is 0.467 e. The van der Waals surface area contributed by atoms with Crippen LogP contribution in [0.3, 0.4) is 0 Å². The molecule has 6 nitrogen and oxygen atoms in total. The standard InChI is InChI=1S/C9H10N4O2/c1-6(9(14)15-2)12-8-7(5-10)3-4-11-13-8/h3-4,6H,1-2H3,(H,12,13). The second-order valence-electron chi connectivity index (χ2n) is 2.79. The topological polar surface area (TPSA) is 87.9 Å². The van der Waals surface area contributed by atoms with Crippen molar-refractivity contribution in [1.82, 2.24) is 10.2 Å². The molecule has 78 valence electrons. The molecular formula is C9H10N4O2. The van der Waals surface area contributed by atoms with Crippen molar-refractivity contribution in [1.29, 1.82) is 5.26 Å². The number of aromatic nitrogens is 2. The van der Waals surface area contributed by atoms with Gasteiger partial charge < -0.3 is 10.1 Å². The monoisotopic (exact) mass is 206 g/mol. The van der Waals surface area contributed by atoms with Crippen LogP contribution in [0.15, 0.2) is 12.3 Å². The first-order chi connectivity index (χ1) is 7.19. The zero-order valence-electron chi connectivity index (χ0n) is 8.39. The highest BCUT2D eigenvalue weighted by Gasteiger charge is 2.15. The first-order valence-corrected chi connectivity index (χ1v) is 4.25. The molecule has 0 saturated carbocycles. The van der Waals surface area contributed by atoms with Crippen molar-refractivity contribution in [2.45, 2.75) is 13.0 Å². The summed E-state index contributed by atoms with van der Waals surface area (Å²) in [6, 6.07) is 2.88. The maximum atomic E-state index is 11.1. The third-order valence-electron chi connectivity index (χ3n) is 1.75. The Kier molecular flexibility index (Phi) is 3.57. The molecule has 1 rings (SSSR count). The minimum absolute atomic E-state index is 0.276. The van der Waals surface area contributed by atoms with Gasteiger partial charge in [0.25, 0.3) is 0 Å². The molecule has 1 aromatic heterocycles. The Bertz CT molecular complexity index is 399. The smallest absolute Gasteiger partial charge is 0.328 e. The van der Waals surface area contributed by atoms with Crippen molar-refractivity contribution >= 4 is 11.8 Å². The van der Waals surface area contributed by atoms with Gasteiger partial charge >= 0.3 is 5.97 Å². The zero-order chi connectivity index (χ0) is 11.3. The van der Waals surface area contributed by atoms with Gasteiger partial charge in [0.2, 0.25) is 0 Å². The Morgan fingerprint density at radius 1 is 1.73 bits per heavy atom. The molecule has 0 aliphatic heterocycles. The van der Waals surface area contributed by atoms with Gasteiger partial charge in [0, 0.05) is 0 Å². The van der Waals surface area contributed by atoms with E-state index in [9.17, 15) is 4.79 Å². The van der Waals surface area contributed by atoms with Gasteiger partial charge in [-0.15, -0.1) is 5.10 Å². The minimum atomic E-state index is -0.571. The summed E-state index contributed by atoms with van der Waals surface area (Å²) in [6.07, 6.45) is 1.41. The molecule has 0 aliphatic carbocycles. The number of esters is 1.